The van der Waals surface area contributed by atoms with Gasteiger partial charge in [0.1, 0.15) is 5.75 Å². The fourth-order valence-corrected chi connectivity index (χ4v) is 2.22. The van der Waals surface area contributed by atoms with Crippen molar-refractivity contribution >= 4 is 29.1 Å². The molecule has 1 rings (SSSR count). The van der Waals surface area contributed by atoms with Gasteiger partial charge in [0, 0.05) is 24.7 Å². The second-order valence-corrected chi connectivity index (χ2v) is 6.62. The summed E-state index contributed by atoms with van der Waals surface area (Å²) in [6, 6.07) is 6.59. The first kappa shape index (κ1) is 23.2. The van der Waals surface area contributed by atoms with Gasteiger partial charge in [0.15, 0.2) is 12.2 Å². The van der Waals surface area contributed by atoms with Gasteiger partial charge in [0.05, 0.1) is 6.61 Å². The first-order valence-electron chi connectivity index (χ1n) is 8.73. The molecule has 0 radical (unpaired) electrons. The molecule has 0 unspecified atom stereocenters. The molecule has 0 spiro atoms. The Hall–Kier alpha value is -1.87. The van der Waals surface area contributed by atoms with Gasteiger partial charge in [-0.25, -0.2) is 0 Å². The van der Waals surface area contributed by atoms with E-state index in [9.17, 15) is 19.8 Å². The van der Waals surface area contributed by atoms with Crippen LogP contribution in [0.4, 0.5) is 5.69 Å². The molecule has 2 atom stereocenters. The Bertz CT molecular complexity index is 583. The fraction of sp³-hybridized carbons (Fsp3) is 0.556. The van der Waals surface area contributed by atoms with Crippen LogP contribution in [0.15, 0.2) is 24.3 Å². The second kappa shape index (κ2) is 12.5. The highest BCUT2D eigenvalue weighted by atomic mass is 35.5. The first-order chi connectivity index (χ1) is 12.8. The molecule has 1 aromatic carbocycles. The predicted octanol–water partition coefficient (Wildman–Crippen LogP) is 0.423. The summed E-state index contributed by atoms with van der Waals surface area (Å²) in [5, 5.41) is 24.4. The molecule has 4 N–H and O–H groups in total. The number of ether oxygens (including phenoxy) is 1. The average molecular weight is 402 g/mol. The Kier molecular flexibility index (Phi) is 10.7. The lowest BCUT2D eigenvalue weighted by Crippen LogP contribution is -2.47. The number of hydrogen-bond donors (Lipinski definition) is 4. The van der Waals surface area contributed by atoms with Gasteiger partial charge in [0.2, 0.25) is 0 Å². The minimum atomic E-state index is -1.89. The lowest BCUT2D eigenvalue weighted by molar-refractivity contribution is -0.143. The van der Waals surface area contributed by atoms with Gasteiger partial charge < -0.3 is 30.5 Å². The third-order valence-corrected chi connectivity index (χ3v) is 3.85. The minimum absolute atomic E-state index is 0.254. The Morgan fingerprint density at radius 2 is 1.74 bits per heavy atom. The van der Waals surface area contributed by atoms with Gasteiger partial charge in [-0.2, -0.15) is 0 Å². The molecular formula is C18H28ClN3O5. The summed E-state index contributed by atoms with van der Waals surface area (Å²) >= 11 is 5.49. The molecule has 8 nitrogen and oxygen atoms in total. The lowest BCUT2D eigenvalue weighted by atomic mass is 10.1. The molecule has 9 heteroatoms. The van der Waals surface area contributed by atoms with Crippen molar-refractivity contribution in [3.63, 3.8) is 0 Å². The van der Waals surface area contributed by atoms with Gasteiger partial charge in [0.25, 0.3) is 11.8 Å². The van der Waals surface area contributed by atoms with Crippen LogP contribution in [0.2, 0.25) is 0 Å². The average Bonchev–Trinajstić information content (AvgIpc) is 2.65. The van der Waals surface area contributed by atoms with Gasteiger partial charge in [-0.15, -0.1) is 11.6 Å². The number of rotatable bonds is 12. The number of anilines is 1. The van der Waals surface area contributed by atoms with E-state index >= 15 is 0 Å². The number of carbonyl (C=O) groups is 2. The SMILES string of the molecule is CN(C)CCCOc1ccc(NC(=O)[C@H](O)[C@@H](O)C(=O)NCCCCl)cc1. The Morgan fingerprint density at radius 1 is 1.11 bits per heavy atom. The van der Waals surface area contributed by atoms with Crippen LogP contribution in [-0.2, 0) is 9.59 Å². The fourth-order valence-electron chi connectivity index (χ4n) is 2.09. The van der Waals surface area contributed by atoms with Crippen molar-refractivity contribution in [3.8, 4) is 5.75 Å². The van der Waals surface area contributed by atoms with E-state index in [2.05, 4.69) is 15.5 Å². The Balaban J connectivity index is 2.45. The highest BCUT2D eigenvalue weighted by Crippen LogP contribution is 2.16. The van der Waals surface area contributed by atoms with Crippen molar-refractivity contribution in [1.82, 2.24) is 10.2 Å². The van der Waals surface area contributed by atoms with Crippen LogP contribution in [0, 0.1) is 0 Å². The largest absolute Gasteiger partial charge is 0.494 e. The second-order valence-electron chi connectivity index (χ2n) is 6.24. The van der Waals surface area contributed by atoms with E-state index in [4.69, 9.17) is 16.3 Å². The molecular weight excluding hydrogens is 374 g/mol. The summed E-state index contributed by atoms with van der Waals surface area (Å²) in [6.45, 7) is 1.76. The van der Waals surface area contributed by atoms with Gasteiger partial charge in [-0.05, 0) is 51.2 Å². The van der Waals surface area contributed by atoms with E-state index in [1.807, 2.05) is 14.1 Å². The maximum Gasteiger partial charge on any atom is 0.256 e. The van der Waals surface area contributed by atoms with Gasteiger partial charge in [-0.1, -0.05) is 0 Å². The molecule has 0 heterocycles. The molecule has 0 saturated heterocycles. The minimum Gasteiger partial charge on any atom is -0.494 e. The van der Waals surface area contributed by atoms with Crippen LogP contribution < -0.4 is 15.4 Å². The van der Waals surface area contributed by atoms with E-state index in [1.54, 1.807) is 24.3 Å². The number of aliphatic hydroxyl groups excluding tert-OH is 2. The topological polar surface area (TPSA) is 111 Å². The van der Waals surface area contributed by atoms with E-state index < -0.39 is 24.0 Å². The van der Waals surface area contributed by atoms with Crippen LogP contribution in [0.1, 0.15) is 12.8 Å². The van der Waals surface area contributed by atoms with Gasteiger partial charge in [-0.3, -0.25) is 9.59 Å². The summed E-state index contributed by atoms with van der Waals surface area (Å²) in [4.78, 5) is 25.7. The zero-order chi connectivity index (χ0) is 20.2. The maximum absolute atomic E-state index is 12.0. The van der Waals surface area contributed by atoms with E-state index in [0.29, 0.717) is 30.3 Å². The van der Waals surface area contributed by atoms with Crippen LogP contribution in [0.25, 0.3) is 0 Å². The third kappa shape index (κ3) is 9.05. The van der Waals surface area contributed by atoms with Crippen LogP contribution in [0.5, 0.6) is 5.75 Å². The highest BCUT2D eigenvalue weighted by molar-refractivity contribution is 6.17. The number of alkyl halides is 1. The number of carbonyl (C=O) groups excluding carboxylic acids is 2. The number of amides is 2. The third-order valence-electron chi connectivity index (χ3n) is 3.59. The molecule has 2 amide bonds. The first-order valence-corrected chi connectivity index (χ1v) is 9.27. The molecule has 0 fully saturated rings. The summed E-state index contributed by atoms with van der Waals surface area (Å²) in [5.41, 5.74) is 0.412. The van der Waals surface area contributed by atoms with Crippen molar-refractivity contribution in [3.05, 3.63) is 24.3 Å². The smallest absolute Gasteiger partial charge is 0.256 e. The molecule has 0 saturated carbocycles. The molecule has 152 valence electrons. The molecule has 0 aliphatic carbocycles. The number of benzene rings is 1. The zero-order valence-corrected chi connectivity index (χ0v) is 16.4. The molecule has 27 heavy (non-hydrogen) atoms. The standard InChI is InChI=1S/C18H28ClN3O5/c1-22(2)11-4-12-27-14-7-5-13(6-8-14)21-18(26)16(24)15(23)17(25)20-10-3-9-19/h5-8,15-16,23-24H,3-4,9-12H2,1-2H3,(H,20,25)(H,21,26)/t15-,16-/m1/s1. The molecule has 0 aromatic heterocycles. The number of hydrogen-bond acceptors (Lipinski definition) is 6. The zero-order valence-electron chi connectivity index (χ0n) is 15.7. The van der Waals surface area contributed by atoms with E-state index in [1.165, 1.54) is 0 Å². The quantitative estimate of drug-likeness (QED) is 0.298. The predicted molar refractivity (Wildman–Crippen MR) is 104 cm³/mol. The number of halogens is 1. The maximum atomic E-state index is 12.0. The Morgan fingerprint density at radius 3 is 2.33 bits per heavy atom. The van der Waals surface area contributed by atoms with Crippen molar-refractivity contribution in [2.24, 2.45) is 0 Å². The lowest BCUT2D eigenvalue weighted by Gasteiger charge is -2.17. The number of nitrogens with zero attached hydrogens (tertiary/aromatic N) is 1. The van der Waals surface area contributed by atoms with Crippen LogP contribution in [-0.4, -0.2) is 78.8 Å². The summed E-state index contributed by atoms with van der Waals surface area (Å²) in [6.07, 6.45) is -2.34. The van der Waals surface area contributed by atoms with Gasteiger partial charge >= 0.3 is 0 Å². The molecule has 0 bridgehead atoms. The highest BCUT2D eigenvalue weighted by Gasteiger charge is 2.30. The molecule has 1 aromatic rings. The van der Waals surface area contributed by atoms with E-state index in [-0.39, 0.29) is 6.54 Å². The number of nitrogens with one attached hydrogen (secondary N) is 2. The molecule has 0 aliphatic heterocycles. The number of aliphatic hydroxyl groups is 2. The molecule has 0 aliphatic rings. The summed E-state index contributed by atoms with van der Waals surface area (Å²) in [5.74, 6) is -0.695. The van der Waals surface area contributed by atoms with Crippen molar-refractivity contribution in [2.75, 3.05) is 45.0 Å². The monoisotopic (exact) mass is 401 g/mol. The van der Waals surface area contributed by atoms with Crippen LogP contribution in [0.3, 0.4) is 0 Å². The van der Waals surface area contributed by atoms with Crippen molar-refractivity contribution in [2.45, 2.75) is 25.0 Å². The van der Waals surface area contributed by atoms with Crippen LogP contribution >= 0.6 is 11.6 Å². The van der Waals surface area contributed by atoms with Crippen molar-refractivity contribution < 1.29 is 24.5 Å². The van der Waals surface area contributed by atoms with E-state index in [0.717, 1.165) is 13.0 Å². The summed E-state index contributed by atoms with van der Waals surface area (Å²) in [7, 11) is 3.98. The normalized spacial score (nSPS) is 13.1. The Labute approximate surface area is 164 Å². The summed E-state index contributed by atoms with van der Waals surface area (Å²) < 4.78 is 5.59. The van der Waals surface area contributed by atoms with Crippen molar-refractivity contribution in [1.29, 1.82) is 0 Å².